The molecular formula is C15H22ClN3O2. The van der Waals surface area contributed by atoms with E-state index in [0.29, 0.717) is 23.7 Å². The summed E-state index contributed by atoms with van der Waals surface area (Å²) in [6, 6.07) is 0.330. The van der Waals surface area contributed by atoms with Crippen molar-refractivity contribution >= 4 is 17.6 Å². The number of aromatic nitrogens is 2. The normalized spacial score (nSPS) is 29.4. The fourth-order valence-corrected chi connectivity index (χ4v) is 4.03. The summed E-state index contributed by atoms with van der Waals surface area (Å²) < 4.78 is 6.89. The van der Waals surface area contributed by atoms with Gasteiger partial charge in [-0.15, -0.1) is 0 Å². The molecule has 0 radical (unpaired) electrons. The van der Waals surface area contributed by atoms with Crippen molar-refractivity contribution in [2.45, 2.75) is 50.7 Å². The molecular weight excluding hydrogens is 290 g/mol. The highest BCUT2D eigenvalue weighted by atomic mass is 35.5. The summed E-state index contributed by atoms with van der Waals surface area (Å²) >= 11 is 6.07. The molecule has 2 aliphatic rings. The minimum absolute atomic E-state index is 0.121. The molecule has 0 bridgehead atoms. The van der Waals surface area contributed by atoms with Crippen molar-refractivity contribution in [3.8, 4) is 0 Å². The fourth-order valence-electron chi connectivity index (χ4n) is 3.88. The van der Waals surface area contributed by atoms with Gasteiger partial charge in [-0.2, -0.15) is 0 Å². The highest BCUT2D eigenvalue weighted by Gasteiger charge is 2.45. The van der Waals surface area contributed by atoms with E-state index in [1.165, 1.54) is 26.4 Å². The van der Waals surface area contributed by atoms with Crippen LogP contribution in [0.2, 0.25) is 5.15 Å². The Balaban J connectivity index is 1.84. The molecule has 116 valence electrons. The first kappa shape index (κ1) is 14.9. The summed E-state index contributed by atoms with van der Waals surface area (Å²) in [5.41, 5.74) is 0. The Labute approximate surface area is 130 Å². The van der Waals surface area contributed by atoms with Crippen molar-refractivity contribution < 1.29 is 9.53 Å². The number of hydrogen-bond acceptors (Lipinski definition) is 4. The van der Waals surface area contributed by atoms with E-state index < -0.39 is 0 Å². The van der Waals surface area contributed by atoms with Crippen LogP contribution in [0.15, 0.2) is 6.20 Å². The maximum Gasteiger partial charge on any atom is 0.323 e. The van der Waals surface area contributed by atoms with Crippen LogP contribution in [0.4, 0.5) is 0 Å². The van der Waals surface area contributed by atoms with Crippen LogP contribution in [0.5, 0.6) is 0 Å². The maximum atomic E-state index is 12.1. The molecule has 21 heavy (non-hydrogen) atoms. The summed E-state index contributed by atoms with van der Waals surface area (Å²) in [6.45, 7) is 0.657. The maximum absolute atomic E-state index is 12.1. The van der Waals surface area contributed by atoms with E-state index in [4.69, 9.17) is 16.3 Å². The Morgan fingerprint density at radius 1 is 1.48 bits per heavy atom. The number of carbonyl (C=O) groups is 1. The molecule has 0 amide bonds. The molecule has 5 nitrogen and oxygen atoms in total. The molecule has 1 aliphatic carbocycles. The Bertz CT molecular complexity index is 531. The van der Waals surface area contributed by atoms with Crippen molar-refractivity contribution in [1.29, 1.82) is 0 Å². The fraction of sp³-hybridized carbons (Fsp3) is 0.733. The third kappa shape index (κ3) is 2.69. The average Bonchev–Trinajstić information content (AvgIpc) is 3.02. The van der Waals surface area contributed by atoms with Crippen molar-refractivity contribution in [2.75, 3.05) is 7.11 Å². The summed E-state index contributed by atoms with van der Waals surface area (Å²) in [6.07, 6.45) is 7.48. The summed E-state index contributed by atoms with van der Waals surface area (Å²) in [5, 5.41) is 0.624. The molecule has 1 aliphatic heterocycles. The highest BCUT2D eigenvalue weighted by molar-refractivity contribution is 6.29. The molecule has 1 saturated heterocycles. The Morgan fingerprint density at radius 3 is 2.90 bits per heavy atom. The van der Waals surface area contributed by atoms with Crippen molar-refractivity contribution in [3.63, 3.8) is 0 Å². The van der Waals surface area contributed by atoms with Gasteiger partial charge >= 0.3 is 5.97 Å². The molecule has 1 aromatic heterocycles. The Hall–Kier alpha value is -1.07. The zero-order valence-corrected chi connectivity index (χ0v) is 13.3. The Kier molecular flexibility index (Phi) is 4.22. The van der Waals surface area contributed by atoms with Crippen LogP contribution < -0.4 is 0 Å². The van der Waals surface area contributed by atoms with E-state index in [2.05, 4.69) is 9.88 Å². The lowest BCUT2D eigenvalue weighted by Gasteiger charge is -2.32. The lowest BCUT2D eigenvalue weighted by molar-refractivity contribution is -0.146. The van der Waals surface area contributed by atoms with Crippen LogP contribution in [0.25, 0.3) is 0 Å². The first-order valence-electron chi connectivity index (χ1n) is 7.61. The number of carbonyl (C=O) groups excluding carboxylic acids is 1. The average molecular weight is 312 g/mol. The highest BCUT2D eigenvalue weighted by Crippen LogP contribution is 2.40. The molecule has 3 atom stereocenters. The largest absolute Gasteiger partial charge is 0.468 e. The van der Waals surface area contributed by atoms with E-state index in [0.717, 1.165) is 18.7 Å². The second-order valence-electron chi connectivity index (χ2n) is 6.12. The topological polar surface area (TPSA) is 47.4 Å². The molecule has 2 fully saturated rings. The third-order valence-electron chi connectivity index (χ3n) is 5.05. The van der Waals surface area contributed by atoms with Gasteiger partial charge in [-0.25, -0.2) is 4.98 Å². The van der Waals surface area contributed by atoms with Gasteiger partial charge in [-0.1, -0.05) is 24.4 Å². The summed E-state index contributed by atoms with van der Waals surface area (Å²) in [7, 11) is 3.38. The smallest absolute Gasteiger partial charge is 0.323 e. The first-order chi connectivity index (χ1) is 10.1. The van der Waals surface area contributed by atoms with Gasteiger partial charge in [0.25, 0.3) is 0 Å². The monoisotopic (exact) mass is 311 g/mol. The lowest BCUT2D eigenvalue weighted by atomic mass is 9.85. The molecule has 2 heterocycles. The molecule has 3 rings (SSSR count). The van der Waals surface area contributed by atoms with E-state index >= 15 is 0 Å². The van der Waals surface area contributed by atoms with Crippen molar-refractivity contribution in [3.05, 3.63) is 17.2 Å². The van der Waals surface area contributed by atoms with Crippen LogP contribution >= 0.6 is 11.6 Å². The molecule has 0 aromatic carbocycles. The second kappa shape index (κ2) is 5.97. The number of rotatable bonds is 3. The molecule has 1 aromatic rings. The number of likely N-dealkylation sites (tertiary alicyclic amines) is 1. The predicted molar refractivity (Wildman–Crippen MR) is 79.9 cm³/mol. The van der Waals surface area contributed by atoms with Gasteiger partial charge in [0.2, 0.25) is 0 Å². The quantitative estimate of drug-likeness (QED) is 0.804. The van der Waals surface area contributed by atoms with E-state index in [1.807, 2.05) is 11.6 Å². The zero-order chi connectivity index (χ0) is 15.0. The minimum atomic E-state index is -0.140. The number of esters is 1. The molecule has 0 unspecified atom stereocenters. The van der Waals surface area contributed by atoms with Crippen LogP contribution in [0.3, 0.4) is 0 Å². The third-order valence-corrected chi connectivity index (χ3v) is 5.40. The van der Waals surface area contributed by atoms with Crippen molar-refractivity contribution in [2.24, 2.45) is 13.0 Å². The van der Waals surface area contributed by atoms with E-state index in [9.17, 15) is 4.79 Å². The van der Waals surface area contributed by atoms with Gasteiger partial charge in [0, 0.05) is 13.1 Å². The second-order valence-corrected chi connectivity index (χ2v) is 6.50. The van der Waals surface area contributed by atoms with Gasteiger partial charge in [0.05, 0.1) is 19.9 Å². The summed E-state index contributed by atoms with van der Waals surface area (Å²) in [4.78, 5) is 18.8. The van der Waals surface area contributed by atoms with Crippen LogP contribution in [0.1, 0.15) is 37.9 Å². The van der Waals surface area contributed by atoms with Gasteiger partial charge in [-0.05, 0) is 25.2 Å². The van der Waals surface area contributed by atoms with E-state index in [-0.39, 0.29) is 12.0 Å². The van der Waals surface area contributed by atoms with E-state index in [1.54, 1.807) is 6.20 Å². The van der Waals surface area contributed by atoms with Gasteiger partial charge in [0.1, 0.15) is 17.0 Å². The zero-order valence-electron chi connectivity index (χ0n) is 12.6. The number of methoxy groups -OCH3 is 1. The van der Waals surface area contributed by atoms with Gasteiger partial charge in [-0.3, -0.25) is 9.69 Å². The van der Waals surface area contributed by atoms with Crippen molar-refractivity contribution in [1.82, 2.24) is 14.5 Å². The van der Waals surface area contributed by atoms with Crippen LogP contribution in [-0.4, -0.2) is 39.6 Å². The lowest BCUT2D eigenvalue weighted by Crippen LogP contribution is -2.42. The number of imidazole rings is 1. The predicted octanol–water partition coefficient (Wildman–Crippen LogP) is 2.38. The number of nitrogens with zero attached hydrogens (tertiary/aromatic N) is 3. The number of ether oxygens (including phenoxy) is 1. The number of hydrogen-bond donors (Lipinski definition) is 0. The van der Waals surface area contributed by atoms with Crippen LogP contribution in [-0.2, 0) is 23.1 Å². The molecule has 6 heteroatoms. The SMILES string of the molecule is COC(=O)[C@@H]1C[C@@H]2CCCC[C@H]2N1Cc1ncc(Cl)n1C. The Morgan fingerprint density at radius 2 is 2.24 bits per heavy atom. The molecule has 0 spiro atoms. The van der Waals surface area contributed by atoms with Gasteiger partial charge in [0.15, 0.2) is 0 Å². The summed E-state index contributed by atoms with van der Waals surface area (Å²) in [5.74, 6) is 1.39. The standard InChI is InChI=1S/C15H22ClN3O2/c1-18-13(16)8-17-14(18)9-19-11-6-4-3-5-10(11)7-12(19)15(20)21-2/h8,10-12H,3-7,9H2,1-2H3/t10-,11+,12-/m0/s1. The number of fused-ring (bicyclic) bond motifs is 1. The minimum Gasteiger partial charge on any atom is -0.468 e. The number of halogens is 1. The molecule has 0 N–H and O–H groups in total. The molecule has 1 saturated carbocycles. The first-order valence-corrected chi connectivity index (χ1v) is 7.99. The van der Waals surface area contributed by atoms with Gasteiger partial charge < -0.3 is 9.30 Å². The van der Waals surface area contributed by atoms with Crippen LogP contribution in [0, 0.1) is 5.92 Å².